The van der Waals surface area contributed by atoms with Crippen molar-refractivity contribution in [1.29, 1.82) is 0 Å². The van der Waals surface area contributed by atoms with Gasteiger partial charge in [-0.2, -0.15) is 0 Å². The standard InChI is InChI=1S/C16H22N2O5S/c1-4-24(20,21)17-10-12-8-9-18(11-12)16(19)15-13(22-2)6-5-7-14(15)23-3/h4-7,12,17H,1,8-11H2,2-3H3. The highest BCUT2D eigenvalue weighted by Gasteiger charge is 2.30. The number of ether oxygens (including phenoxy) is 2. The van der Waals surface area contributed by atoms with Crippen molar-refractivity contribution in [2.24, 2.45) is 5.92 Å². The van der Waals surface area contributed by atoms with Crippen LogP contribution in [0.1, 0.15) is 16.8 Å². The van der Waals surface area contributed by atoms with E-state index in [0.29, 0.717) is 30.2 Å². The van der Waals surface area contributed by atoms with Gasteiger partial charge in [-0.25, -0.2) is 13.1 Å². The highest BCUT2D eigenvalue weighted by molar-refractivity contribution is 7.92. The fourth-order valence-corrected chi connectivity index (χ4v) is 3.28. The Hall–Kier alpha value is -2.06. The summed E-state index contributed by atoms with van der Waals surface area (Å²) in [5.41, 5.74) is 0.384. The molecule has 0 aliphatic carbocycles. The molecule has 2 rings (SSSR count). The van der Waals surface area contributed by atoms with E-state index in [1.165, 1.54) is 14.2 Å². The summed E-state index contributed by atoms with van der Waals surface area (Å²) in [5, 5.41) is 0.880. The Morgan fingerprint density at radius 2 is 2.00 bits per heavy atom. The van der Waals surface area contributed by atoms with Gasteiger partial charge in [0.25, 0.3) is 5.91 Å². The Bertz CT molecular complexity index is 695. The quantitative estimate of drug-likeness (QED) is 0.796. The molecule has 24 heavy (non-hydrogen) atoms. The van der Waals surface area contributed by atoms with Gasteiger partial charge in [-0.15, -0.1) is 0 Å². The monoisotopic (exact) mass is 354 g/mol. The first-order valence-corrected chi connectivity index (χ1v) is 9.08. The molecule has 132 valence electrons. The third-order valence-corrected chi connectivity index (χ3v) is 5.02. The summed E-state index contributed by atoms with van der Waals surface area (Å²) in [5.74, 6) is 0.785. The number of amides is 1. The van der Waals surface area contributed by atoms with Gasteiger partial charge in [0.2, 0.25) is 10.0 Å². The summed E-state index contributed by atoms with van der Waals surface area (Å²) in [6.07, 6.45) is 0.725. The highest BCUT2D eigenvalue weighted by Crippen LogP contribution is 2.31. The molecule has 1 aliphatic heterocycles. The number of nitrogens with one attached hydrogen (secondary N) is 1. The molecule has 0 aromatic heterocycles. The highest BCUT2D eigenvalue weighted by atomic mass is 32.2. The molecule has 0 saturated carbocycles. The maximum atomic E-state index is 12.8. The number of hydrogen-bond donors (Lipinski definition) is 1. The van der Waals surface area contributed by atoms with Crippen LogP contribution in [0.5, 0.6) is 11.5 Å². The molecule has 1 aromatic carbocycles. The molecule has 0 radical (unpaired) electrons. The van der Waals surface area contributed by atoms with Crippen LogP contribution >= 0.6 is 0 Å². The van der Waals surface area contributed by atoms with Gasteiger partial charge in [0.15, 0.2) is 0 Å². The number of rotatable bonds is 7. The molecule has 1 saturated heterocycles. The van der Waals surface area contributed by atoms with E-state index in [2.05, 4.69) is 11.3 Å². The van der Waals surface area contributed by atoms with Gasteiger partial charge in [-0.3, -0.25) is 4.79 Å². The SMILES string of the molecule is C=CS(=O)(=O)NCC1CCN(C(=O)c2c(OC)cccc2OC)C1. The maximum absolute atomic E-state index is 12.8. The Morgan fingerprint density at radius 1 is 1.38 bits per heavy atom. The first kappa shape index (κ1) is 18.3. The van der Waals surface area contributed by atoms with E-state index in [0.717, 1.165) is 11.8 Å². The van der Waals surface area contributed by atoms with Crippen LogP contribution in [0, 0.1) is 5.92 Å². The summed E-state index contributed by atoms with van der Waals surface area (Å²) in [7, 11) is -0.443. The van der Waals surface area contributed by atoms with Crippen LogP contribution in [-0.4, -0.2) is 53.1 Å². The summed E-state index contributed by atoms with van der Waals surface area (Å²) in [4.78, 5) is 14.5. The number of sulfonamides is 1. The Morgan fingerprint density at radius 3 is 2.54 bits per heavy atom. The number of benzene rings is 1. The van der Waals surface area contributed by atoms with Crippen molar-refractivity contribution in [2.45, 2.75) is 6.42 Å². The van der Waals surface area contributed by atoms with Crippen LogP contribution in [0.2, 0.25) is 0 Å². The molecule has 1 unspecified atom stereocenters. The largest absolute Gasteiger partial charge is 0.496 e. The van der Waals surface area contributed by atoms with E-state index in [9.17, 15) is 13.2 Å². The minimum absolute atomic E-state index is 0.0596. The lowest BCUT2D eigenvalue weighted by Crippen LogP contribution is -2.32. The van der Waals surface area contributed by atoms with Crippen molar-refractivity contribution in [3.8, 4) is 11.5 Å². The predicted molar refractivity (Wildman–Crippen MR) is 90.7 cm³/mol. The molecule has 0 spiro atoms. The molecule has 1 amide bonds. The van der Waals surface area contributed by atoms with E-state index in [1.54, 1.807) is 23.1 Å². The molecular weight excluding hydrogens is 332 g/mol. The molecule has 7 nitrogen and oxygen atoms in total. The number of likely N-dealkylation sites (tertiary alicyclic amines) is 1. The van der Waals surface area contributed by atoms with Crippen LogP contribution in [0.4, 0.5) is 0 Å². The van der Waals surface area contributed by atoms with Crippen molar-refractivity contribution < 1.29 is 22.7 Å². The minimum Gasteiger partial charge on any atom is -0.496 e. The summed E-state index contributed by atoms with van der Waals surface area (Å²) >= 11 is 0. The lowest BCUT2D eigenvalue weighted by Gasteiger charge is -2.20. The zero-order valence-electron chi connectivity index (χ0n) is 13.8. The fraction of sp³-hybridized carbons (Fsp3) is 0.438. The fourth-order valence-electron chi connectivity index (χ4n) is 2.70. The Balaban J connectivity index is 2.09. The number of hydrogen-bond acceptors (Lipinski definition) is 5. The van der Waals surface area contributed by atoms with Gasteiger partial charge < -0.3 is 14.4 Å². The number of nitrogens with zero attached hydrogens (tertiary/aromatic N) is 1. The zero-order chi connectivity index (χ0) is 17.7. The van der Waals surface area contributed by atoms with E-state index in [4.69, 9.17) is 9.47 Å². The van der Waals surface area contributed by atoms with Gasteiger partial charge in [0, 0.05) is 25.0 Å². The van der Waals surface area contributed by atoms with Gasteiger partial charge in [-0.1, -0.05) is 12.6 Å². The Kier molecular flexibility index (Phi) is 5.84. The Labute approximate surface area is 142 Å². The molecule has 1 fully saturated rings. The van der Waals surface area contributed by atoms with Crippen molar-refractivity contribution >= 4 is 15.9 Å². The van der Waals surface area contributed by atoms with E-state index in [1.807, 2.05) is 0 Å². The van der Waals surface area contributed by atoms with Gasteiger partial charge in [0.1, 0.15) is 17.1 Å². The molecule has 1 atom stereocenters. The van der Waals surface area contributed by atoms with E-state index >= 15 is 0 Å². The smallest absolute Gasteiger partial charge is 0.261 e. The normalized spacial score (nSPS) is 17.6. The average Bonchev–Trinajstić information content (AvgIpc) is 3.07. The number of methoxy groups -OCH3 is 2. The molecule has 1 N–H and O–H groups in total. The van der Waals surface area contributed by atoms with E-state index in [-0.39, 0.29) is 18.4 Å². The second-order valence-electron chi connectivity index (χ2n) is 5.50. The van der Waals surface area contributed by atoms with Crippen molar-refractivity contribution in [3.63, 3.8) is 0 Å². The molecule has 1 heterocycles. The van der Waals surface area contributed by atoms with Crippen molar-refractivity contribution in [3.05, 3.63) is 35.7 Å². The predicted octanol–water partition coefficient (Wildman–Crippen LogP) is 1.23. The van der Waals surface area contributed by atoms with Crippen LogP contribution in [0.15, 0.2) is 30.2 Å². The zero-order valence-corrected chi connectivity index (χ0v) is 14.6. The third kappa shape index (κ3) is 4.07. The molecule has 0 bridgehead atoms. The second kappa shape index (κ2) is 7.67. The number of carbonyl (C=O) groups is 1. The molecule has 1 aromatic rings. The maximum Gasteiger partial charge on any atom is 0.261 e. The first-order valence-electron chi connectivity index (χ1n) is 7.54. The van der Waals surface area contributed by atoms with Crippen LogP contribution in [0.25, 0.3) is 0 Å². The number of carbonyl (C=O) groups excluding carboxylic acids is 1. The van der Waals surface area contributed by atoms with Crippen molar-refractivity contribution in [2.75, 3.05) is 33.9 Å². The summed E-state index contributed by atoms with van der Waals surface area (Å²) in [6.45, 7) is 4.56. The lowest BCUT2D eigenvalue weighted by atomic mass is 10.1. The first-order chi connectivity index (χ1) is 11.4. The second-order valence-corrected chi connectivity index (χ2v) is 7.22. The third-order valence-electron chi connectivity index (χ3n) is 4.01. The average molecular weight is 354 g/mol. The molecule has 8 heteroatoms. The van der Waals surface area contributed by atoms with Crippen LogP contribution in [-0.2, 0) is 10.0 Å². The lowest BCUT2D eigenvalue weighted by molar-refractivity contribution is 0.0780. The summed E-state index contributed by atoms with van der Waals surface area (Å²) in [6, 6.07) is 5.17. The van der Waals surface area contributed by atoms with Crippen LogP contribution in [0.3, 0.4) is 0 Å². The van der Waals surface area contributed by atoms with Gasteiger partial charge >= 0.3 is 0 Å². The summed E-state index contributed by atoms with van der Waals surface area (Å²) < 4.78 is 35.8. The van der Waals surface area contributed by atoms with Gasteiger partial charge in [-0.05, 0) is 24.5 Å². The minimum atomic E-state index is -3.45. The van der Waals surface area contributed by atoms with Crippen LogP contribution < -0.4 is 14.2 Å². The van der Waals surface area contributed by atoms with Gasteiger partial charge in [0.05, 0.1) is 14.2 Å². The molecule has 1 aliphatic rings. The van der Waals surface area contributed by atoms with E-state index < -0.39 is 10.0 Å². The molecular formula is C16H22N2O5S. The topological polar surface area (TPSA) is 84.9 Å². The van der Waals surface area contributed by atoms with Crippen molar-refractivity contribution in [1.82, 2.24) is 9.62 Å².